The van der Waals surface area contributed by atoms with Gasteiger partial charge in [-0.3, -0.25) is 0 Å². The molecule has 0 aliphatic carbocycles. The third-order valence-electron chi connectivity index (χ3n) is 3.75. The van der Waals surface area contributed by atoms with Gasteiger partial charge in [0.15, 0.2) is 0 Å². The predicted octanol–water partition coefficient (Wildman–Crippen LogP) is 4.12. The van der Waals surface area contributed by atoms with Crippen molar-refractivity contribution in [3.63, 3.8) is 0 Å². The van der Waals surface area contributed by atoms with Gasteiger partial charge in [0.25, 0.3) is 0 Å². The molecule has 0 unspecified atom stereocenters. The van der Waals surface area contributed by atoms with E-state index in [1.165, 1.54) is 11.1 Å². The molecule has 0 aromatic heterocycles. The quantitative estimate of drug-likeness (QED) is 0.558. The Hall–Kier alpha value is -1.52. The van der Waals surface area contributed by atoms with E-state index in [1.807, 2.05) is 25.1 Å². The van der Waals surface area contributed by atoms with Gasteiger partial charge in [-0.05, 0) is 32.3 Å². The first-order valence-corrected chi connectivity index (χ1v) is 6.42. The molecule has 0 N–H and O–H groups in total. The highest BCUT2D eigenvalue weighted by molar-refractivity contribution is 5.23. The average molecular weight is 240 g/mol. The number of hydrogen-bond donors (Lipinski definition) is 0. The summed E-state index contributed by atoms with van der Waals surface area (Å²) >= 11 is 0. The van der Waals surface area contributed by atoms with E-state index in [0.29, 0.717) is 5.92 Å². The molecule has 1 aliphatic rings. The normalized spacial score (nSPS) is 31.6. The zero-order valence-electron chi connectivity index (χ0n) is 11.1. The lowest BCUT2D eigenvalue weighted by Gasteiger charge is -2.41. The molecule has 1 heterocycles. The van der Waals surface area contributed by atoms with Crippen LogP contribution in [0.2, 0.25) is 0 Å². The summed E-state index contributed by atoms with van der Waals surface area (Å²) in [5.41, 5.74) is 1.90. The van der Waals surface area contributed by atoms with Crippen LogP contribution in [0.4, 0.5) is 0 Å². The van der Waals surface area contributed by atoms with Crippen LogP contribution in [0.15, 0.2) is 42.5 Å². The second kappa shape index (κ2) is 5.00. The summed E-state index contributed by atoms with van der Waals surface area (Å²) in [6, 6.07) is 10.3. The molecular formula is C17H20O. The molecule has 2 rings (SSSR count). The predicted molar refractivity (Wildman–Crippen MR) is 75.0 cm³/mol. The summed E-state index contributed by atoms with van der Waals surface area (Å²) in [4.78, 5) is 0. The third kappa shape index (κ3) is 2.49. The fourth-order valence-electron chi connectivity index (χ4n) is 2.56. The van der Waals surface area contributed by atoms with Gasteiger partial charge in [-0.2, -0.15) is 0 Å². The van der Waals surface area contributed by atoms with Crippen LogP contribution in [-0.4, -0.2) is 5.60 Å². The van der Waals surface area contributed by atoms with Gasteiger partial charge >= 0.3 is 0 Å². The highest BCUT2D eigenvalue weighted by Gasteiger charge is 2.38. The van der Waals surface area contributed by atoms with E-state index < -0.39 is 5.60 Å². The second-order valence-electron chi connectivity index (χ2n) is 5.32. The van der Waals surface area contributed by atoms with Crippen LogP contribution in [0.1, 0.15) is 38.4 Å². The lowest BCUT2D eigenvalue weighted by atomic mass is 9.80. The fraction of sp³-hybridized carbons (Fsp3) is 0.412. The van der Waals surface area contributed by atoms with E-state index in [2.05, 4.69) is 31.6 Å². The van der Waals surface area contributed by atoms with Crippen molar-refractivity contribution in [2.45, 2.75) is 38.4 Å². The van der Waals surface area contributed by atoms with Crippen molar-refractivity contribution in [2.24, 2.45) is 5.92 Å². The van der Waals surface area contributed by atoms with E-state index in [-0.39, 0.29) is 6.10 Å². The van der Waals surface area contributed by atoms with Gasteiger partial charge in [0.05, 0.1) is 6.10 Å². The van der Waals surface area contributed by atoms with E-state index in [4.69, 9.17) is 11.2 Å². The summed E-state index contributed by atoms with van der Waals surface area (Å²) < 4.78 is 6.19. The Morgan fingerprint density at radius 1 is 1.44 bits per heavy atom. The van der Waals surface area contributed by atoms with Crippen molar-refractivity contribution in [1.82, 2.24) is 0 Å². The smallest absolute Gasteiger partial charge is 0.126 e. The molecule has 0 spiro atoms. The molecule has 1 aromatic rings. The van der Waals surface area contributed by atoms with Crippen molar-refractivity contribution < 1.29 is 4.74 Å². The van der Waals surface area contributed by atoms with Crippen LogP contribution < -0.4 is 0 Å². The molecule has 0 saturated carbocycles. The number of terminal acetylenes is 1. The molecule has 1 saturated heterocycles. The number of ether oxygens (including phenoxy) is 1. The Morgan fingerprint density at radius 2 is 2.11 bits per heavy atom. The standard InChI is InChI=1S/C17H20O/c1-5-17(4)12-11-15(13(2)3)16(18-17)14-9-7-6-8-10-14/h1,6-10,15-16H,2,11-12H2,3-4H3/t15-,16-,17+/m0/s1. The zero-order chi connectivity index (χ0) is 13.2. The SMILES string of the molecule is C#C[C@]1(C)CC[C@@H](C(=C)C)[C@H](c2ccccc2)O1. The van der Waals surface area contributed by atoms with Gasteiger partial charge in [0.2, 0.25) is 0 Å². The summed E-state index contributed by atoms with van der Waals surface area (Å²) in [5, 5.41) is 0. The average Bonchev–Trinajstić information content (AvgIpc) is 2.39. The fourth-order valence-corrected chi connectivity index (χ4v) is 2.56. The molecule has 0 radical (unpaired) electrons. The Balaban J connectivity index is 2.32. The first-order chi connectivity index (χ1) is 8.56. The lowest BCUT2D eigenvalue weighted by molar-refractivity contribution is -0.107. The van der Waals surface area contributed by atoms with Crippen LogP contribution in [0.25, 0.3) is 0 Å². The second-order valence-corrected chi connectivity index (χ2v) is 5.32. The molecule has 18 heavy (non-hydrogen) atoms. The maximum atomic E-state index is 6.19. The molecule has 1 heteroatoms. The number of benzene rings is 1. The van der Waals surface area contributed by atoms with Crippen LogP contribution >= 0.6 is 0 Å². The highest BCUT2D eigenvalue weighted by Crippen LogP contribution is 2.43. The van der Waals surface area contributed by atoms with Gasteiger partial charge < -0.3 is 4.74 Å². The molecule has 1 aromatic carbocycles. The van der Waals surface area contributed by atoms with Crippen LogP contribution in [-0.2, 0) is 4.74 Å². The molecule has 0 amide bonds. The first-order valence-electron chi connectivity index (χ1n) is 6.42. The highest BCUT2D eigenvalue weighted by atomic mass is 16.5. The van der Waals surface area contributed by atoms with Gasteiger partial charge in [-0.15, -0.1) is 6.42 Å². The minimum absolute atomic E-state index is 0.0264. The largest absolute Gasteiger partial charge is 0.354 e. The first kappa shape index (κ1) is 12.9. The van der Waals surface area contributed by atoms with Crippen LogP contribution in [0.3, 0.4) is 0 Å². The Kier molecular flexibility index (Phi) is 3.59. The number of hydrogen-bond acceptors (Lipinski definition) is 1. The van der Waals surface area contributed by atoms with Gasteiger partial charge in [-0.25, -0.2) is 0 Å². The number of rotatable bonds is 2. The van der Waals surface area contributed by atoms with E-state index in [0.717, 1.165) is 12.8 Å². The maximum Gasteiger partial charge on any atom is 0.126 e. The van der Waals surface area contributed by atoms with Crippen molar-refractivity contribution in [3.8, 4) is 12.3 Å². The summed E-state index contributed by atoms with van der Waals surface area (Å²) in [5.74, 6) is 3.14. The molecule has 94 valence electrons. The van der Waals surface area contributed by atoms with Crippen molar-refractivity contribution in [1.29, 1.82) is 0 Å². The summed E-state index contributed by atoms with van der Waals surface area (Å²) in [6.45, 7) is 8.17. The van der Waals surface area contributed by atoms with E-state index >= 15 is 0 Å². The Morgan fingerprint density at radius 3 is 2.67 bits per heavy atom. The van der Waals surface area contributed by atoms with Crippen LogP contribution in [0.5, 0.6) is 0 Å². The minimum atomic E-state index is -0.452. The lowest BCUT2D eigenvalue weighted by Crippen LogP contribution is -2.37. The molecule has 3 atom stereocenters. The molecule has 0 bridgehead atoms. The zero-order valence-corrected chi connectivity index (χ0v) is 11.1. The molecule has 1 aliphatic heterocycles. The van der Waals surface area contributed by atoms with Crippen LogP contribution in [0, 0.1) is 18.3 Å². The van der Waals surface area contributed by atoms with Crippen molar-refractivity contribution in [3.05, 3.63) is 48.0 Å². The Labute approximate surface area is 110 Å². The summed E-state index contributed by atoms with van der Waals surface area (Å²) in [7, 11) is 0. The Bertz CT molecular complexity index is 468. The third-order valence-corrected chi connectivity index (χ3v) is 3.75. The van der Waals surface area contributed by atoms with E-state index in [9.17, 15) is 0 Å². The topological polar surface area (TPSA) is 9.23 Å². The summed E-state index contributed by atoms with van der Waals surface area (Å²) in [6.07, 6.45) is 7.56. The van der Waals surface area contributed by atoms with Crippen molar-refractivity contribution >= 4 is 0 Å². The minimum Gasteiger partial charge on any atom is -0.354 e. The maximum absolute atomic E-state index is 6.19. The van der Waals surface area contributed by atoms with Gasteiger partial charge in [0, 0.05) is 5.92 Å². The van der Waals surface area contributed by atoms with E-state index in [1.54, 1.807) is 0 Å². The molecule has 1 nitrogen and oxygen atoms in total. The van der Waals surface area contributed by atoms with Crippen molar-refractivity contribution in [2.75, 3.05) is 0 Å². The molecule has 1 fully saturated rings. The van der Waals surface area contributed by atoms with Gasteiger partial charge in [-0.1, -0.05) is 48.4 Å². The molecular weight excluding hydrogens is 220 g/mol. The van der Waals surface area contributed by atoms with Gasteiger partial charge in [0.1, 0.15) is 5.60 Å². The monoisotopic (exact) mass is 240 g/mol.